The Balaban J connectivity index is 1.69. The predicted molar refractivity (Wildman–Crippen MR) is 69.4 cm³/mol. The summed E-state index contributed by atoms with van der Waals surface area (Å²) >= 11 is 1.97. The van der Waals surface area contributed by atoms with Crippen molar-refractivity contribution in [2.75, 3.05) is 19.8 Å². The molecule has 0 aliphatic carbocycles. The van der Waals surface area contributed by atoms with Gasteiger partial charge in [-0.1, -0.05) is 18.2 Å². The second-order valence-corrected chi connectivity index (χ2v) is 6.56. The summed E-state index contributed by atoms with van der Waals surface area (Å²) in [5.74, 6) is 0. The van der Waals surface area contributed by atoms with Gasteiger partial charge in [-0.15, -0.1) is 11.8 Å². The van der Waals surface area contributed by atoms with Gasteiger partial charge in [0.1, 0.15) is 0 Å². The second-order valence-electron chi connectivity index (χ2n) is 5.22. The summed E-state index contributed by atoms with van der Waals surface area (Å²) in [5.41, 5.74) is 1.49. The van der Waals surface area contributed by atoms with E-state index >= 15 is 0 Å². The van der Waals surface area contributed by atoms with E-state index in [0.29, 0.717) is 5.25 Å². The number of ether oxygens (including phenoxy) is 1. The first-order valence-electron chi connectivity index (χ1n) is 6.25. The van der Waals surface area contributed by atoms with E-state index in [1.165, 1.54) is 10.5 Å². The fourth-order valence-electron chi connectivity index (χ4n) is 2.85. The van der Waals surface area contributed by atoms with E-state index in [9.17, 15) is 5.11 Å². The van der Waals surface area contributed by atoms with E-state index in [0.717, 1.165) is 32.5 Å². The molecule has 17 heavy (non-hydrogen) atoms. The molecular formula is C14H18O2S. The fraction of sp³-hybridized carbons (Fsp3) is 0.571. The van der Waals surface area contributed by atoms with Crippen LogP contribution in [-0.4, -0.2) is 30.2 Å². The Hall–Kier alpha value is -0.510. The van der Waals surface area contributed by atoms with E-state index < -0.39 is 0 Å². The Morgan fingerprint density at radius 1 is 1.41 bits per heavy atom. The maximum Gasteiger partial charge on any atom is 0.0545 e. The fourth-order valence-corrected chi connectivity index (χ4v) is 4.37. The molecule has 3 heteroatoms. The summed E-state index contributed by atoms with van der Waals surface area (Å²) in [4.78, 5) is 1.42. The molecule has 1 aromatic carbocycles. The van der Waals surface area contributed by atoms with Crippen molar-refractivity contribution in [3.05, 3.63) is 29.8 Å². The van der Waals surface area contributed by atoms with E-state index in [1.807, 2.05) is 11.8 Å². The van der Waals surface area contributed by atoms with Crippen LogP contribution in [0.25, 0.3) is 0 Å². The number of fused-ring (bicyclic) bond motifs is 1. The van der Waals surface area contributed by atoms with Crippen molar-refractivity contribution in [2.24, 2.45) is 5.41 Å². The van der Waals surface area contributed by atoms with Gasteiger partial charge < -0.3 is 9.84 Å². The number of thioether (sulfide) groups is 1. The van der Waals surface area contributed by atoms with E-state index in [1.54, 1.807) is 0 Å². The van der Waals surface area contributed by atoms with Crippen molar-refractivity contribution in [1.82, 2.24) is 0 Å². The summed E-state index contributed by atoms with van der Waals surface area (Å²) in [6, 6.07) is 8.65. The average molecular weight is 250 g/mol. The van der Waals surface area contributed by atoms with Crippen LogP contribution in [0.3, 0.4) is 0 Å². The summed E-state index contributed by atoms with van der Waals surface area (Å²) in [6.07, 6.45) is 3.22. The Morgan fingerprint density at radius 3 is 3.00 bits per heavy atom. The highest BCUT2D eigenvalue weighted by atomic mass is 32.2. The maximum atomic E-state index is 9.60. The highest BCUT2D eigenvalue weighted by molar-refractivity contribution is 8.00. The minimum atomic E-state index is 0.0275. The van der Waals surface area contributed by atoms with Crippen LogP contribution in [-0.2, 0) is 11.2 Å². The van der Waals surface area contributed by atoms with Gasteiger partial charge in [0.05, 0.1) is 13.2 Å². The molecule has 0 bridgehead atoms. The molecule has 1 aromatic rings. The van der Waals surface area contributed by atoms with Gasteiger partial charge in [0, 0.05) is 22.2 Å². The molecule has 1 saturated heterocycles. The van der Waals surface area contributed by atoms with Crippen LogP contribution in [0, 0.1) is 5.41 Å². The Bertz CT molecular complexity index is 374. The molecule has 92 valence electrons. The standard InChI is InChI=1S/C14H18O2S/c15-9-14(5-6-16-10-14)8-12-7-11-3-1-2-4-13(11)17-12/h1-4,12,15H,5-10H2. The molecule has 3 rings (SSSR count). The zero-order chi connectivity index (χ0) is 11.7. The topological polar surface area (TPSA) is 29.5 Å². The third-order valence-corrected chi connectivity index (χ3v) is 5.21. The second kappa shape index (κ2) is 4.63. The molecule has 0 radical (unpaired) electrons. The molecule has 0 amide bonds. The first-order valence-corrected chi connectivity index (χ1v) is 7.12. The van der Waals surface area contributed by atoms with Crippen LogP contribution < -0.4 is 0 Å². The predicted octanol–water partition coefficient (Wildman–Crippen LogP) is 2.49. The molecule has 2 heterocycles. The van der Waals surface area contributed by atoms with Crippen molar-refractivity contribution in [2.45, 2.75) is 29.4 Å². The van der Waals surface area contributed by atoms with Gasteiger partial charge in [-0.3, -0.25) is 0 Å². The molecular weight excluding hydrogens is 232 g/mol. The third-order valence-electron chi connectivity index (χ3n) is 3.89. The van der Waals surface area contributed by atoms with Crippen LogP contribution in [0.5, 0.6) is 0 Å². The van der Waals surface area contributed by atoms with Gasteiger partial charge in [-0.25, -0.2) is 0 Å². The molecule has 0 aromatic heterocycles. The highest BCUT2D eigenvalue weighted by Gasteiger charge is 2.38. The van der Waals surface area contributed by atoms with Crippen LogP contribution >= 0.6 is 11.8 Å². The zero-order valence-electron chi connectivity index (χ0n) is 9.89. The van der Waals surface area contributed by atoms with Crippen molar-refractivity contribution in [3.8, 4) is 0 Å². The number of hydrogen-bond acceptors (Lipinski definition) is 3. The van der Waals surface area contributed by atoms with Crippen molar-refractivity contribution in [3.63, 3.8) is 0 Å². The monoisotopic (exact) mass is 250 g/mol. The summed E-state index contributed by atoms with van der Waals surface area (Å²) < 4.78 is 5.47. The van der Waals surface area contributed by atoms with Gasteiger partial charge in [0.15, 0.2) is 0 Å². The van der Waals surface area contributed by atoms with E-state index in [2.05, 4.69) is 24.3 Å². The van der Waals surface area contributed by atoms with E-state index in [4.69, 9.17) is 4.74 Å². The summed E-state index contributed by atoms with van der Waals surface area (Å²) in [6.45, 7) is 1.81. The number of hydrogen-bond donors (Lipinski definition) is 1. The lowest BCUT2D eigenvalue weighted by Crippen LogP contribution is -2.29. The summed E-state index contributed by atoms with van der Waals surface area (Å²) in [7, 11) is 0. The van der Waals surface area contributed by atoms with Gasteiger partial charge in [0.25, 0.3) is 0 Å². The number of aliphatic hydroxyl groups is 1. The molecule has 0 spiro atoms. The lowest BCUT2D eigenvalue weighted by Gasteiger charge is -2.27. The molecule has 2 atom stereocenters. The van der Waals surface area contributed by atoms with Crippen LogP contribution in [0.2, 0.25) is 0 Å². The molecule has 2 aliphatic heterocycles. The molecule has 2 unspecified atom stereocenters. The average Bonchev–Trinajstić information content (AvgIpc) is 2.95. The van der Waals surface area contributed by atoms with E-state index in [-0.39, 0.29) is 12.0 Å². The normalized spacial score (nSPS) is 31.7. The highest BCUT2D eigenvalue weighted by Crippen LogP contribution is 2.44. The van der Waals surface area contributed by atoms with Gasteiger partial charge >= 0.3 is 0 Å². The van der Waals surface area contributed by atoms with Crippen LogP contribution in [0.1, 0.15) is 18.4 Å². The molecule has 1 N–H and O–H groups in total. The Labute approximate surface area is 106 Å². The lowest BCUT2D eigenvalue weighted by atomic mass is 9.82. The first kappa shape index (κ1) is 11.6. The molecule has 2 aliphatic rings. The molecule has 1 fully saturated rings. The largest absolute Gasteiger partial charge is 0.396 e. The van der Waals surface area contributed by atoms with Crippen molar-refractivity contribution in [1.29, 1.82) is 0 Å². The zero-order valence-corrected chi connectivity index (χ0v) is 10.7. The number of benzene rings is 1. The smallest absolute Gasteiger partial charge is 0.0545 e. The minimum Gasteiger partial charge on any atom is -0.396 e. The maximum absolute atomic E-state index is 9.60. The SMILES string of the molecule is OCC1(CC2Cc3ccccc3S2)CCOC1. The third kappa shape index (κ3) is 2.24. The Kier molecular flexibility index (Phi) is 3.16. The Morgan fingerprint density at radius 2 is 2.29 bits per heavy atom. The number of aliphatic hydroxyl groups excluding tert-OH is 1. The van der Waals surface area contributed by atoms with Crippen molar-refractivity contribution < 1.29 is 9.84 Å². The molecule has 2 nitrogen and oxygen atoms in total. The van der Waals surface area contributed by atoms with Crippen LogP contribution in [0.4, 0.5) is 0 Å². The number of rotatable bonds is 3. The molecule has 0 saturated carbocycles. The first-order chi connectivity index (χ1) is 8.31. The van der Waals surface area contributed by atoms with Gasteiger partial charge in [-0.2, -0.15) is 0 Å². The van der Waals surface area contributed by atoms with Gasteiger partial charge in [0.2, 0.25) is 0 Å². The van der Waals surface area contributed by atoms with Gasteiger partial charge in [-0.05, 0) is 30.9 Å². The van der Waals surface area contributed by atoms with Crippen molar-refractivity contribution >= 4 is 11.8 Å². The lowest BCUT2D eigenvalue weighted by molar-refractivity contribution is 0.0863. The quantitative estimate of drug-likeness (QED) is 0.893. The van der Waals surface area contributed by atoms with Crippen LogP contribution in [0.15, 0.2) is 29.2 Å². The minimum absolute atomic E-state index is 0.0275. The summed E-state index contributed by atoms with van der Waals surface area (Å²) in [5, 5.41) is 10.2.